The molecule has 3 rings (SSSR count). The van der Waals surface area contributed by atoms with Gasteiger partial charge in [-0.3, -0.25) is 4.72 Å². The van der Waals surface area contributed by atoms with E-state index in [0.717, 1.165) is 16.9 Å². The molecule has 3 heterocycles. The van der Waals surface area contributed by atoms with E-state index in [1.54, 1.807) is 23.6 Å². The molecule has 116 valence electrons. The predicted octanol–water partition coefficient (Wildman–Crippen LogP) is 2.91. The SMILES string of the molecule is CC1(C)OC(=S)Nc2cnc(NS(=O)(=O)c3cccs3)cc21. The lowest BCUT2D eigenvalue weighted by molar-refractivity contribution is 0.0946. The molecule has 0 unspecified atom stereocenters. The van der Waals surface area contributed by atoms with Gasteiger partial charge in [-0.2, -0.15) is 0 Å². The van der Waals surface area contributed by atoms with Crippen LogP contribution in [-0.2, 0) is 20.4 Å². The number of pyridine rings is 1. The van der Waals surface area contributed by atoms with Crippen LogP contribution in [0.15, 0.2) is 34.0 Å². The Morgan fingerprint density at radius 2 is 2.23 bits per heavy atom. The normalized spacial score (nSPS) is 16.4. The van der Waals surface area contributed by atoms with Gasteiger partial charge in [-0.25, -0.2) is 13.4 Å². The molecule has 0 spiro atoms. The molecule has 2 aromatic rings. The summed E-state index contributed by atoms with van der Waals surface area (Å²) in [5.74, 6) is 0.235. The van der Waals surface area contributed by atoms with Crippen molar-refractivity contribution in [2.75, 3.05) is 10.0 Å². The number of thiocarbonyl (C=S) groups is 1. The third-order valence-corrected chi connectivity index (χ3v) is 6.07. The summed E-state index contributed by atoms with van der Waals surface area (Å²) in [4.78, 5) is 4.12. The summed E-state index contributed by atoms with van der Waals surface area (Å²) in [6.45, 7) is 3.72. The van der Waals surface area contributed by atoms with Gasteiger partial charge in [0.2, 0.25) is 0 Å². The Bertz CT molecular complexity index is 829. The van der Waals surface area contributed by atoms with E-state index in [4.69, 9.17) is 17.0 Å². The van der Waals surface area contributed by atoms with Crippen LogP contribution in [-0.4, -0.2) is 18.6 Å². The Labute approximate surface area is 137 Å². The summed E-state index contributed by atoms with van der Waals surface area (Å²) < 4.78 is 32.8. The van der Waals surface area contributed by atoms with E-state index in [1.807, 2.05) is 13.8 Å². The van der Waals surface area contributed by atoms with E-state index >= 15 is 0 Å². The smallest absolute Gasteiger partial charge is 0.272 e. The van der Waals surface area contributed by atoms with Crippen LogP contribution in [0.25, 0.3) is 0 Å². The number of fused-ring (bicyclic) bond motifs is 1. The molecule has 1 aliphatic heterocycles. The van der Waals surface area contributed by atoms with Crippen LogP contribution >= 0.6 is 23.6 Å². The molecule has 0 bridgehead atoms. The second kappa shape index (κ2) is 5.18. The maximum Gasteiger partial charge on any atom is 0.272 e. The van der Waals surface area contributed by atoms with Crippen LogP contribution < -0.4 is 10.0 Å². The van der Waals surface area contributed by atoms with E-state index in [9.17, 15) is 8.42 Å². The van der Waals surface area contributed by atoms with Crippen molar-refractivity contribution < 1.29 is 13.2 Å². The number of sulfonamides is 1. The highest BCUT2D eigenvalue weighted by Crippen LogP contribution is 2.36. The molecule has 0 saturated carbocycles. The first kappa shape index (κ1) is 15.2. The first-order valence-electron chi connectivity index (χ1n) is 6.35. The maximum absolute atomic E-state index is 12.2. The Kier molecular flexibility index (Phi) is 3.58. The van der Waals surface area contributed by atoms with Crippen molar-refractivity contribution in [1.82, 2.24) is 4.98 Å². The summed E-state index contributed by atoms with van der Waals surface area (Å²) in [5.41, 5.74) is 0.823. The van der Waals surface area contributed by atoms with Gasteiger partial charge in [0.15, 0.2) is 0 Å². The molecule has 9 heteroatoms. The van der Waals surface area contributed by atoms with Gasteiger partial charge in [0.25, 0.3) is 15.2 Å². The number of rotatable bonds is 3. The van der Waals surface area contributed by atoms with Crippen molar-refractivity contribution in [2.45, 2.75) is 23.7 Å². The minimum absolute atomic E-state index is 0.235. The quantitative estimate of drug-likeness (QED) is 0.824. The minimum Gasteiger partial charge on any atom is -0.460 e. The maximum atomic E-state index is 12.2. The van der Waals surface area contributed by atoms with Crippen molar-refractivity contribution in [3.63, 3.8) is 0 Å². The Morgan fingerprint density at radius 1 is 1.45 bits per heavy atom. The lowest BCUT2D eigenvalue weighted by atomic mass is 9.96. The van der Waals surface area contributed by atoms with Gasteiger partial charge in [0, 0.05) is 5.56 Å². The Morgan fingerprint density at radius 3 is 2.91 bits per heavy atom. The lowest BCUT2D eigenvalue weighted by Gasteiger charge is -2.34. The van der Waals surface area contributed by atoms with Crippen molar-refractivity contribution in [3.8, 4) is 0 Å². The molecule has 0 fully saturated rings. The van der Waals surface area contributed by atoms with Gasteiger partial charge >= 0.3 is 0 Å². The number of nitrogens with one attached hydrogen (secondary N) is 2. The fourth-order valence-electron chi connectivity index (χ4n) is 2.14. The average molecular weight is 355 g/mol. The molecule has 0 saturated heterocycles. The molecule has 1 aliphatic rings. The monoisotopic (exact) mass is 355 g/mol. The number of ether oxygens (including phenoxy) is 1. The van der Waals surface area contributed by atoms with Crippen molar-refractivity contribution in [2.24, 2.45) is 0 Å². The van der Waals surface area contributed by atoms with E-state index in [2.05, 4.69) is 15.0 Å². The van der Waals surface area contributed by atoms with Crippen LogP contribution in [0.4, 0.5) is 11.5 Å². The van der Waals surface area contributed by atoms with Crippen LogP contribution in [0.1, 0.15) is 19.4 Å². The number of thiophene rings is 1. The van der Waals surface area contributed by atoms with E-state index < -0.39 is 15.6 Å². The Balaban J connectivity index is 1.96. The van der Waals surface area contributed by atoms with E-state index in [0.29, 0.717) is 5.69 Å². The number of nitrogens with zero attached hydrogens (tertiary/aromatic N) is 1. The van der Waals surface area contributed by atoms with Crippen LogP contribution in [0.3, 0.4) is 0 Å². The number of hydrogen-bond donors (Lipinski definition) is 2. The molecular formula is C13H13N3O3S3. The van der Waals surface area contributed by atoms with E-state index in [-0.39, 0.29) is 15.2 Å². The van der Waals surface area contributed by atoms with Crippen molar-refractivity contribution in [1.29, 1.82) is 0 Å². The fourth-order valence-corrected chi connectivity index (χ4v) is 4.45. The zero-order valence-corrected chi connectivity index (χ0v) is 14.2. The highest BCUT2D eigenvalue weighted by molar-refractivity contribution is 7.94. The first-order chi connectivity index (χ1) is 10.3. The molecule has 22 heavy (non-hydrogen) atoms. The van der Waals surface area contributed by atoms with Crippen LogP contribution in [0, 0.1) is 0 Å². The van der Waals surface area contributed by atoms with Crippen LogP contribution in [0.5, 0.6) is 0 Å². The molecule has 2 N–H and O–H groups in total. The molecule has 0 amide bonds. The molecule has 6 nitrogen and oxygen atoms in total. The fraction of sp³-hybridized carbons (Fsp3) is 0.231. The van der Waals surface area contributed by atoms with Gasteiger partial charge in [-0.1, -0.05) is 6.07 Å². The molecule has 0 atom stereocenters. The molecule has 2 aromatic heterocycles. The van der Waals surface area contributed by atoms with E-state index in [1.165, 1.54) is 6.20 Å². The highest BCUT2D eigenvalue weighted by Gasteiger charge is 2.32. The van der Waals surface area contributed by atoms with Gasteiger partial charge in [0.1, 0.15) is 15.6 Å². The topological polar surface area (TPSA) is 80.3 Å². The van der Waals surface area contributed by atoms with Crippen molar-refractivity contribution in [3.05, 3.63) is 35.3 Å². The molecular weight excluding hydrogens is 342 g/mol. The molecule has 0 aliphatic carbocycles. The summed E-state index contributed by atoms with van der Waals surface area (Å²) in [7, 11) is -3.63. The minimum atomic E-state index is -3.63. The molecule has 0 radical (unpaired) electrons. The third-order valence-electron chi connectivity index (χ3n) is 3.14. The van der Waals surface area contributed by atoms with Crippen molar-refractivity contribution >= 4 is 50.3 Å². The number of aromatic nitrogens is 1. The second-order valence-corrected chi connectivity index (χ2v) is 8.41. The predicted molar refractivity (Wildman–Crippen MR) is 89.7 cm³/mol. The Hall–Kier alpha value is -1.71. The van der Waals surface area contributed by atoms with Gasteiger partial charge in [-0.15, -0.1) is 11.3 Å². The zero-order chi connectivity index (χ0) is 16.0. The second-order valence-electron chi connectivity index (χ2n) is 5.18. The zero-order valence-electron chi connectivity index (χ0n) is 11.8. The third kappa shape index (κ3) is 2.79. The lowest BCUT2D eigenvalue weighted by Crippen LogP contribution is -2.34. The largest absolute Gasteiger partial charge is 0.460 e. The van der Waals surface area contributed by atoms with Gasteiger partial charge in [-0.05, 0) is 43.6 Å². The van der Waals surface area contributed by atoms with Gasteiger partial charge < -0.3 is 10.1 Å². The summed E-state index contributed by atoms with van der Waals surface area (Å²) in [5, 5.41) is 4.88. The highest BCUT2D eigenvalue weighted by atomic mass is 32.2. The number of hydrogen-bond acceptors (Lipinski definition) is 6. The summed E-state index contributed by atoms with van der Waals surface area (Å²) in [6, 6.07) is 4.87. The average Bonchev–Trinajstić information content (AvgIpc) is 2.93. The van der Waals surface area contributed by atoms with Gasteiger partial charge in [0.05, 0.1) is 11.9 Å². The standard InChI is InChI=1S/C13H13N3O3S3/c1-13(2)8-6-10(14-7-9(8)15-12(20)19-13)16-22(17,18)11-4-3-5-21-11/h3-7H,1-2H3,(H,14,16)(H,15,20). The summed E-state index contributed by atoms with van der Waals surface area (Å²) in [6.07, 6.45) is 1.54. The van der Waals surface area contributed by atoms with Crippen LogP contribution in [0.2, 0.25) is 0 Å². The number of anilines is 2. The summed E-state index contributed by atoms with van der Waals surface area (Å²) >= 11 is 6.18. The first-order valence-corrected chi connectivity index (χ1v) is 9.12. The molecule has 0 aromatic carbocycles.